The molecular weight excluding hydrogens is 301 g/mol. The van der Waals surface area contributed by atoms with Gasteiger partial charge in [0.2, 0.25) is 10.0 Å². The molecule has 1 rings (SSSR count). The maximum Gasteiger partial charge on any atom is 0.242 e. The summed E-state index contributed by atoms with van der Waals surface area (Å²) in [6.45, 7) is 1.32. The molecule has 0 radical (unpaired) electrons. The van der Waals surface area contributed by atoms with Gasteiger partial charge >= 0.3 is 0 Å². The molecule has 0 bridgehead atoms. The van der Waals surface area contributed by atoms with E-state index in [0.29, 0.717) is 5.75 Å². The van der Waals surface area contributed by atoms with E-state index in [9.17, 15) is 12.8 Å². The number of benzene rings is 1. The Kier molecular flexibility index (Phi) is 6.49. The molecule has 0 fully saturated rings. The minimum absolute atomic E-state index is 0.0305. The summed E-state index contributed by atoms with van der Waals surface area (Å²) in [5.41, 5.74) is 0.0305. The average molecular weight is 317 g/mol. The number of aliphatic hydroxyl groups excluding tert-OH is 1. The predicted octanol–water partition coefficient (Wildman–Crippen LogP) is 1.20. The number of hydrogen-bond acceptors (Lipinski definition) is 4. The van der Waals surface area contributed by atoms with Gasteiger partial charge in [-0.1, -0.05) is 11.8 Å². The fourth-order valence-electron chi connectivity index (χ4n) is 1.58. The van der Waals surface area contributed by atoms with E-state index in [4.69, 9.17) is 5.11 Å². The van der Waals surface area contributed by atoms with Gasteiger partial charge < -0.3 is 5.11 Å². The van der Waals surface area contributed by atoms with Crippen LogP contribution < -0.4 is 4.72 Å². The highest BCUT2D eigenvalue weighted by atomic mass is 32.2. The fourth-order valence-corrected chi connectivity index (χ4v) is 3.66. The lowest BCUT2D eigenvalue weighted by Gasteiger charge is -2.14. The maximum atomic E-state index is 13.2. The second kappa shape index (κ2) is 7.64. The van der Waals surface area contributed by atoms with Crippen molar-refractivity contribution in [3.8, 4) is 11.8 Å². The third kappa shape index (κ3) is 4.80. The lowest BCUT2D eigenvalue weighted by molar-refractivity contribution is 0.350. The molecule has 0 amide bonds. The Hall–Kier alpha value is -1.07. The van der Waals surface area contributed by atoms with Gasteiger partial charge in [-0.15, -0.1) is 0 Å². The van der Waals surface area contributed by atoms with E-state index < -0.39 is 22.4 Å². The molecule has 0 saturated heterocycles. The monoisotopic (exact) mass is 317 g/mol. The normalized spacial score (nSPS) is 12.6. The largest absolute Gasteiger partial charge is 0.384 e. The predicted molar refractivity (Wildman–Crippen MR) is 78.5 cm³/mol. The summed E-state index contributed by atoms with van der Waals surface area (Å²) in [7, 11) is -3.77. The molecule has 1 unspecified atom stereocenters. The average Bonchev–Trinajstić information content (AvgIpc) is 2.35. The van der Waals surface area contributed by atoms with Crippen LogP contribution in [0.25, 0.3) is 0 Å². The van der Waals surface area contributed by atoms with Crippen molar-refractivity contribution in [3.05, 3.63) is 29.6 Å². The highest BCUT2D eigenvalue weighted by Gasteiger charge is 2.20. The number of sulfonamides is 1. The second-order valence-electron chi connectivity index (χ2n) is 4.08. The zero-order chi connectivity index (χ0) is 15.2. The van der Waals surface area contributed by atoms with Gasteiger partial charge in [0, 0.05) is 17.4 Å². The number of thioether (sulfide) groups is 1. The summed E-state index contributed by atoms with van der Waals surface area (Å²) < 4.78 is 40.2. The van der Waals surface area contributed by atoms with Gasteiger partial charge in [0.15, 0.2) is 0 Å². The first kappa shape index (κ1) is 17.0. The first-order valence-corrected chi connectivity index (χ1v) is 8.69. The number of hydrogen-bond donors (Lipinski definition) is 2. The van der Waals surface area contributed by atoms with E-state index in [1.807, 2.05) is 6.26 Å². The lowest BCUT2D eigenvalue weighted by atomic mass is 10.2. The van der Waals surface area contributed by atoms with Crippen LogP contribution in [0.2, 0.25) is 0 Å². The molecule has 0 heterocycles. The second-order valence-corrected chi connectivity index (χ2v) is 6.67. The van der Waals surface area contributed by atoms with Gasteiger partial charge in [-0.25, -0.2) is 17.5 Å². The molecule has 110 valence electrons. The van der Waals surface area contributed by atoms with E-state index in [-0.39, 0.29) is 16.5 Å². The van der Waals surface area contributed by atoms with E-state index >= 15 is 0 Å². The van der Waals surface area contributed by atoms with Crippen molar-refractivity contribution in [2.45, 2.75) is 17.9 Å². The molecule has 7 heteroatoms. The Morgan fingerprint density at radius 1 is 1.50 bits per heavy atom. The molecule has 0 aromatic heterocycles. The highest BCUT2D eigenvalue weighted by molar-refractivity contribution is 7.98. The lowest BCUT2D eigenvalue weighted by Crippen LogP contribution is -2.34. The molecule has 1 aromatic carbocycles. The molecule has 0 aliphatic carbocycles. The Morgan fingerprint density at radius 3 is 2.80 bits per heavy atom. The van der Waals surface area contributed by atoms with Crippen LogP contribution in [0.1, 0.15) is 12.5 Å². The van der Waals surface area contributed by atoms with E-state index in [1.54, 1.807) is 6.92 Å². The number of nitrogens with one attached hydrogen (secondary N) is 1. The third-order valence-electron chi connectivity index (χ3n) is 2.31. The maximum absolute atomic E-state index is 13.2. The van der Waals surface area contributed by atoms with Crippen LogP contribution in [0.5, 0.6) is 0 Å². The van der Waals surface area contributed by atoms with Crippen LogP contribution in [0.15, 0.2) is 23.1 Å². The van der Waals surface area contributed by atoms with Gasteiger partial charge in [0.25, 0.3) is 0 Å². The summed E-state index contributed by atoms with van der Waals surface area (Å²) in [6, 6.07) is 3.03. The standard InChI is InChI=1S/C13H16FNO3S2/c1-10(9-19-2)15-20(17,18)13-6-5-12(14)8-11(13)4-3-7-16/h5-6,8,10,15-16H,7,9H2,1-2H3. The van der Waals surface area contributed by atoms with Crippen LogP contribution in [0, 0.1) is 17.7 Å². The van der Waals surface area contributed by atoms with E-state index in [2.05, 4.69) is 16.6 Å². The minimum atomic E-state index is -3.77. The zero-order valence-corrected chi connectivity index (χ0v) is 12.8. The summed E-state index contributed by atoms with van der Waals surface area (Å²) in [5.74, 6) is 4.82. The molecule has 0 saturated carbocycles. The number of halogens is 1. The van der Waals surface area contributed by atoms with Crippen LogP contribution in [-0.4, -0.2) is 38.2 Å². The summed E-state index contributed by atoms with van der Waals surface area (Å²) >= 11 is 1.52. The third-order valence-corrected chi connectivity index (χ3v) is 4.79. The molecule has 20 heavy (non-hydrogen) atoms. The molecule has 0 aliphatic heterocycles. The van der Waals surface area contributed by atoms with Crippen LogP contribution >= 0.6 is 11.8 Å². The van der Waals surface area contributed by atoms with Crippen molar-refractivity contribution in [3.63, 3.8) is 0 Å². The molecular formula is C13H16FNO3S2. The van der Waals surface area contributed by atoms with Crippen molar-refractivity contribution >= 4 is 21.8 Å². The van der Waals surface area contributed by atoms with Crippen molar-refractivity contribution in [1.82, 2.24) is 4.72 Å². The summed E-state index contributed by atoms with van der Waals surface area (Å²) in [5, 5.41) is 8.67. The van der Waals surface area contributed by atoms with Crippen LogP contribution in [0.3, 0.4) is 0 Å². The molecule has 0 aliphatic rings. The van der Waals surface area contributed by atoms with Gasteiger partial charge in [0.1, 0.15) is 12.4 Å². The Balaban J connectivity index is 3.17. The van der Waals surface area contributed by atoms with Crippen molar-refractivity contribution in [2.24, 2.45) is 0 Å². The SMILES string of the molecule is CSCC(C)NS(=O)(=O)c1ccc(F)cc1C#CCO. The van der Waals surface area contributed by atoms with Crippen molar-refractivity contribution in [1.29, 1.82) is 0 Å². The van der Waals surface area contributed by atoms with Crippen LogP contribution in [-0.2, 0) is 10.0 Å². The van der Waals surface area contributed by atoms with Crippen LogP contribution in [0.4, 0.5) is 4.39 Å². The van der Waals surface area contributed by atoms with E-state index in [1.165, 1.54) is 17.8 Å². The van der Waals surface area contributed by atoms with Crippen molar-refractivity contribution in [2.75, 3.05) is 18.6 Å². The number of aliphatic hydroxyl groups is 1. The molecule has 2 N–H and O–H groups in total. The van der Waals surface area contributed by atoms with Gasteiger partial charge in [-0.2, -0.15) is 11.8 Å². The smallest absolute Gasteiger partial charge is 0.242 e. The quantitative estimate of drug-likeness (QED) is 0.801. The Morgan fingerprint density at radius 2 is 2.20 bits per heavy atom. The topological polar surface area (TPSA) is 66.4 Å². The summed E-state index contributed by atoms with van der Waals surface area (Å²) in [4.78, 5) is -0.0900. The summed E-state index contributed by atoms with van der Waals surface area (Å²) in [6.07, 6.45) is 1.88. The first-order valence-electron chi connectivity index (χ1n) is 5.81. The van der Waals surface area contributed by atoms with Gasteiger partial charge in [-0.3, -0.25) is 0 Å². The minimum Gasteiger partial charge on any atom is -0.384 e. The van der Waals surface area contributed by atoms with Crippen molar-refractivity contribution < 1.29 is 17.9 Å². The van der Waals surface area contributed by atoms with E-state index in [0.717, 1.165) is 12.1 Å². The molecule has 4 nitrogen and oxygen atoms in total. The molecule has 1 aromatic rings. The van der Waals surface area contributed by atoms with Gasteiger partial charge in [-0.05, 0) is 31.4 Å². The number of rotatable bonds is 5. The first-order chi connectivity index (χ1) is 9.40. The Labute approximate surface area is 122 Å². The Bertz CT molecular complexity index is 620. The molecule has 1 atom stereocenters. The fraction of sp³-hybridized carbons (Fsp3) is 0.385. The highest BCUT2D eigenvalue weighted by Crippen LogP contribution is 2.17. The van der Waals surface area contributed by atoms with Gasteiger partial charge in [0.05, 0.1) is 4.90 Å². The molecule has 0 spiro atoms. The zero-order valence-electron chi connectivity index (χ0n) is 11.2.